The molecule has 94 valence electrons. The van der Waals surface area contributed by atoms with Crippen LogP contribution in [0.4, 0.5) is 5.69 Å². The van der Waals surface area contributed by atoms with Gasteiger partial charge in [0, 0.05) is 29.8 Å². The second-order valence-electron chi connectivity index (χ2n) is 4.88. The zero-order valence-corrected chi connectivity index (χ0v) is 12.0. The van der Waals surface area contributed by atoms with E-state index in [1.807, 2.05) is 0 Å². The van der Waals surface area contributed by atoms with Gasteiger partial charge in [-0.25, -0.2) is 0 Å². The minimum atomic E-state index is 0.591. The van der Waals surface area contributed by atoms with Crippen LogP contribution >= 0.6 is 15.9 Å². The van der Waals surface area contributed by atoms with E-state index in [1.165, 1.54) is 43.4 Å². The molecule has 0 atom stereocenters. The van der Waals surface area contributed by atoms with Gasteiger partial charge >= 0.3 is 0 Å². The predicted molar refractivity (Wildman–Crippen MR) is 77.3 cm³/mol. The van der Waals surface area contributed by atoms with Crippen LogP contribution in [-0.4, -0.2) is 13.1 Å². The number of benzene rings is 1. The lowest BCUT2D eigenvalue weighted by Crippen LogP contribution is -2.33. The Morgan fingerprint density at radius 3 is 2.59 bits per heavy atom. The van der Waals surface area contributed by atoms with Gasteiger partial charge in [0.05, 0.1) is 0 Å². The van der Waals surface area contributed by atoms with Crippen molar-refractivity contribution in [3.05, 3.63) is 28.2 Å². The molecule has 0 bridgehead atoms. The SMILES string of the molecule is CN(c1ccc(CN)c(Br)c1)C1CCCCC1. The molecule has 2 nitrogen and oxygen atoms in total. The average Bonchev–Trinajstić information content (AvgIpc) is 2.39. The van der Waals surface area contributed by atoms with E-state index in [2.05, 4.69) is 46.1 Å². The van der Waals surface area contributed by atoms with Gasteiger partial charge in [-0.05, 0) is 30.5 Å². The van der Waals surface area contributed by atoms with E-state index in [4.69, 9.17) is 5.73 Å². The zero-order chi connectivity index (χ0) is 12.3. The van der Waals surface area contributed by atoms with Gasteiger partial charge in [0.1, 0.15) is 0 Å². The first-order valence-corrected chi connectivity index (χ1v) is 7.23. The van der Waals surface area contributed by atoms with Crippen LogP contribution in [0.3, 0.4) is 0 Å². The van der Waals surface area contributed by atoms with E-state index in [1.54, 1.807) is 0 Å². The van der Waals surface area contributed by atoms with Gasteiger partial charge in [0.15, 0.2) is 0 Å². The van der Waals surface area contributed by atoms with E-state index in [0.29, 0.717) is 12.6 Å². The molecule has 0 radical (unpaired) electrons. The van der Waals surface area contributed by atoms with Crippen molar-refractivity contribution >= 4 is 21.6 Å². The second-order valence-corrected chi connectivity index (χ2v) is 5.74. The highest BCUT2D eigenvalue weighted by Crippen LogP contribution is 2.29. The Morgan fingerprint density at radius 2 is 2.00 bits per heavy atom. The van der Waals surface area contributed by atoms with Crippen LogP contribution in [0, 0.1) is 0 Å². The molecule has 1 aromatic carbocycles. The monoisotopic (exact) mass is 296 g/mol. The molecule has 1 aliphatic carbocycles. The van der Waals surface area contributed by atoms with Gasteiger partial charge < -0.3 is 10.6 Å². The Kier molecular flexibility index (Phi) is 4.46. The molecular weight excluding hydrogens is 276 g/mol. The van der Waals surface area contributed by atoms with Gasteiger partial charge in [-0.1, -0.05) is 41.3 Å². The predicted octanol–water partition coefficient (Wildman–Crippen LogP) is 3.68. The molecule has 0 spiro atoms. The fourth-order valence-electron chi connectivity index (χ4n) is 2.60. The fourth-order valence-corrected chi connectivity index (χ4v) is 3.13. The third kappa shape index (κ3) is 3.02. The van der Waals surface area contributed by atoms with Crippen LogP contribution in [0.1, 0.15) is 37.7 Å². The fraction of sp³-hybridized carbons (Fsp3) is 0.571. The molecule has 0 aromatic heterocycles. The van der Waals surface area contributed by atoms with E-state index < -0.39 is 0 Å². The summed E-state index contributed by atoms with van der Waals surface area (Å²) in [6, 6.07) is 7.20. The Labute approximate surface area is 112 Å². The van der Waals surface area contributed by atoms with Gasteiger partial charge in [-0.3, -0.25) is 0 Å². The van der Waals surface area contributed by atoms with Crippen molar-refractivity contribution in [3.63, 3.8) is 0 Å². The first-order chi connectivity index (χ1) is 8.22. The quantitative estimate of drug-likeness (QED) is 0.922. The van der Waals surface area contributed by atoms with Crippen molar-refractivity contribution in [1.82, 2.24) is 0 Å². The van der Waals surface area contributed by atoms with Crippen LogP contribution in [0.15, 0.2) is 22.7 Å². The van der Waals surface area contributed by atoms with E-state index in [0.717, 1.165) is 4.47 Å². The molecule has 2 rings (SSSR count). The van der Waals surface area contributed by atoms with Gasteiger partial charge in [-0.2, -0.15) is 0 Å². The molecule has 3 heteroatoms. The minimum absolute atomic E-state index is 0.591. The normalized spacial score (nSPS) is 17.1. The highest BCUT2D eigenvalue weighted by Gasteiger charge is 2.18. The molecule has 2 N–H and O–H groups in total. The number of hydrogen-bond acceptors (Lipinski definition) is 2. The minimum Gasteiger partial charge on any atom is -0.372 e. The molecule has 1 aliphatic rings. The summed E-state index contributed by atoms with van der Waals surface area (Å²) in [6.45, 7) is 0.591. The van der Waals surface area contributed by atoms with Crippen LogP contribution in [0.25, 0.3) is 0 Å². The van der Waals surface area contributed by atoms with Crippen molar-refractivity contribution in [3.8, 4) is 0 Å². The maximum absolute atomic E-state index is 5.68. The smallest absolute Gasteiger partial charge is 0.0377 e. The first kappa shape index (κ1) is 12.9. The topological polar surface area (TPSA) is 29.3 Å². The van der Waals surface area contributed by atoms with Crippen molar-refractivity contribution in [2.24, 2.45) is 5.73 Å². The Hall–Kier alpha value is -0.540. The Bertz CT molecular complexity index is 372. The van der Waals surface area contributed by atoms with E-state index in [-0.39, 0.29) is 0 Å². The van der Waals surface area contributed by atoms with Crippen LogP contribution in [0.5, 0.6) is 0 Å². The van der Waals surface area contributed by atoms with Crippen molar-refractivity contribution in [1.29, 1.82) is 0 Å². The maximum Gasteiger partial charge on any atom is 0.0377 e. The summed E-state index contributed by atoms with van der Waals surface area (Å²) in [6.07, 6.45) is 6.80. The molecule has 1 aromatic rings. The molecule has 1 saturated carbocycles. The van der Waals surface area contributed by atoms with Gasteiger partial charge in [0.2, 0.25) is 0 Å². The lowest BCUT2D eigenvalue weighted by atomic mass is 9.94. The molecule has 17 heavy (non-hydrogen) atoms. The number of hydrogen-bond donors (Lipinski definition) is 1. The van der Waals surface area contributed by atoms with Crippen LogP contribution in [0.2, 0.25) is 0 Å². The van der Waals surface area contributed by atoms with Crippen molar-refractivity contribution in [2.45, 2.75) is 44.7 Å². The van der Waals surface area contributed by atoms with E-state index in [9.17, 15) is 0 Å². The lowest BCUT2D eigenvalue weighted by molar-refractivity contribution is 0.427. The van der Waals surface area contributed by atoms with Crippen molar-refractivity contribution < 1.29 is 0 Å². The zero-order valence-electron chi connectivity index (χ0n) is 10.5. The number of rotatable bonds is 3. The highest BCUT2D eigenvalue weighted by molar-refractivity contribution is 9.10. The summed E-state index contributed by atoms with van der Waals surface area (Å²) in [5.41, 5.74) is 8.14. The molecule has 0 heterocycles. The van der Waals surface area contributed by atoms with Gasteiger partial charge in [0.25, 0.3) is 0 Å². The summed E-state index contributed by atoms with van der Waals surface area (Å²) >= 11 is 3.59. The van der Waals surface area contributed by atoms with Crippen LogP contribution < -0.4 is 10.6 Å². The largest absolute Gasteiger partial charge is 0.372 e. The molecule has 0 unspecified atom stereocenters. The first-order valence-electron chi connectivity index (χ1n) is 6.43. The summed E-state index contributed by atoms with van der Waals surface area (Å²) in [5.74, 6) is 0. The standard InChI is InChI=1S/C14H21BrN2/c1-17(12-5-3-2-4-6-12)13-8-7-11(10-16)14(15)9-13/h7-9,12H,2-6,10,16H2,1H3. The molecule has 0 saturated heterocycles. The Balaban J connectivity index is 2.12. The maximum atomic E-state index is 5.68. The molecular formula is C14H21BrN2. The second kappa shape index (κ2) is 5.87. The highest BCUT2D eigenvalue weighted by atomic mass is 79.9. The molecule has 1 fully saturated rings. The molecule has 0 amide bonds. The number of nitrogens with zero attached hydrogens (tertiary/aromatic N) is 1. The lowest BCUT2D eigenvalue weighted by Gasteiger charge is -2.33. The van der Waals surface area contributed by atoms with Crippen molar-refractivity contribution in [2.75, 3.05) is 11.9 Å². The number of nitrogens with two attached hydrogens (primary N) is 1. The average molecular weight is 297 g/mol. The Morgan fingerprint density at radius 1 is 1.29 bits per heavy atom. The summed E-state index contributed by atoms with van der Waals surface area (Å²) in [5, 5.41) is 0. The molecule has 0 aliphatic heterocycles. The third-order valence-corrected chi connectivity index (χ3v) is 4.52. The summed E-state index contributed by atoms with van der Waals surface area (Å²) in [4.78, 5) is 2.42. The third-order valence-electron chi connectivity index (χ3n) is 3.79. The number of halogens is 1. The summed E-state index contributed by atoms with van der Waals surface area (Å²) in [7, 11) is 2.21. The van der Waals surface area contributed by atoms with Gasteiger partial charge in [-0.15, -0.1) is 0 Å². The summed E-state index contributed by atoms with van der Waals surface area (Å²) < 4.78 is 1.13. The van der Waals surface area contributed by atoms with Crippen LogP contribution in [-0.2, 0) is 6.54 Å². The number of anilines is 1. The van der Waals surface area contributed by atoms with E-state index >= 15 is 0 Å².